The molecule has 0 fully saturated rings. The lowest BCUT2D eigenvalue weighted by molar-refractivity contribution is -0.719. The van der Waals surface area contributed by atoms with Crippen LogP contribution in [0.4, 0.5) is 0 Å². The lowest BCUT2D eigenvalue weighted by Gasteiger charge is -1.97. The van der Waals surface area contributed by atoms with Gasteiger partial charge in [0.05, 0.1) is 14.1 Å². The zero-order valence-electron chi connectivity index (χ0n) is 9.76. The molecule has 0 aliphatic carbocycles. The first-order valence-electron chi connectivity index (χ1n) is 5.26. The average Bonchev–Trinajstić information content (AvgIpc) is 2.59. The van der Waals surface area contributed by atoms with Gasteiger partial charge in [-0.25, -0.2) is 0 Å². The van der Waals surface area contributed by atoms with Gasteiger partial charge in [0.25, 0.3) is 0 Å². The smallest absolute Gasteiger partial charge is 0.202 e. The van der Waals surface area contributed by atoms with Crippen molar-refractivity contribution in [3.8, 4) is 0 Å². The molecule has 2 aliphatic rings. The maximum Gasteiger partial charge on any atom is 0.202 e. The van der Waals surface area contributed by atoms with E-state index >= 15 is 0 Å². The van der Waals surface area contributed by atoms with Gasteiger partial charge in [-0.05, 0) is 0 Å². The van der Waals surface area contributed by atoms with E-state index in [0.717, 1.165) is 29.5 Å². The highest BCUT2D eigenvalue weighted by atomic mass is 15.2. The predicted molar refractivity (Wildman–Crippen MR) is 60.8 cm³/mol. The Bertz CT molecular complexity index is 363. The average molecular weight is 206 g/mol. The highest BCUT2D eigenvalue weighted by Gasteiger charge is 2.20. The third-order valence-corrected chi connectivity index (χ3v) is 2.89. The van der Waals surface area contributed by atoms with Gasteiger partial charge in [0.2, 0.25) is 11.7 Å². The van der Waals surface area contributed by atoms with E-state index in [4.69, 9.17) is 0 Å². The van der Waals surface area contributed by atoms with Gasteiger partial charge >= 0.3 is 0 Å². The normalized spacial score (nSPS) is 29.9. The minimum atomic E-state index is 0.851. The summed E-state index contributed by atoms with van der Waals surface area (Å²) < 4.78 is 0. The molecule has 15 heavy (non-hydrogen) atoms. The summed E-state index contributed by atoms with van der Waals surface area (Å²) in [5.41, 5.74) is 2.25. The highest BCUT2D eigenvalue weighted by molar-refractivity contribution is 5.75. The van der Waals surface area contributed by atoms with E-state index in [1.54, 1.807) is 0 Å². The Morgan fingerprint density at radius 3 is 1.60 bits per heavy atom. The van der Waals surface area contributed by atoms with Crippen LogP contribution >= 0.6 is 0 Å². The fourth-order valence-electron chi connectivity index (χ4n) is 1.75. The molecule has 0 aromatic heterocycles. The molecule has 2 heterocycles. The molecule has 2 N–H and O–H groups in total. The number of rotatable bonds is 2. The van der Waals surface area contributed by atoms with Gasteiger partial charge in [0.1, 0.15) is 23.8 Å². The quantitative estimate of drug-likeness (QED) is 0.578. The maximum atomic E-state index is 4.50. The molecule has 2 atom stereocenters. The van der Waals surface area contributed by atoms with Crippen LogP contribution in [-0.2, 0) is 0 Å². The maximum absolute atomic E-state index is 4.50. The number of aliphatic imine (C=N–C) groups is 2. The fraction of sp³-hybridized carbons (Fsp3) is 0.455. The number of nitrogens with one attached hydrogen (secondary N) is 2. The van der Waals surface area contributed by atoms with Crippen molar-refractivity contribution in [2.24, 2.45) is 9.98 Å². The van der Waals surface area contributed by atoms with Crippen LogP contribution in [0, 0.1) is 0 Å². The summed E-state index contributed by atoms with van der Waals surface area (Å²) in [5, 5.41) is 0. The molecule has 0 amide bonds. The van der Waals surface area contributed by atoms with Crippen molar-refractivity contribution in [3.63, 3.8) is 0 Å². The molecular weight excluding hydrogens is 188 g/mol. The highest BCUT2D eigenvalue weighted by Crippen LogP contribution is 2.14. The van der Waals surface area contributed by atoms with Crippen LogP contribution in [0.3, 0.4) is 0 Å². The van der Waals surface area contributed by atoms with Gasteiger partial charge in [0, 0.05) is 20.3 Å². The van der Waals surface area contributed by atoms with E-state index in [1.807, 2.05) is 13.8 Å². The fourth-order valence-corrected chi connectivity index (χ4v) is 1.75. The topological polar surface area (TPSA) is 33.6 Å². The monoisotopic (exact) mass is 206 g/mol. The first-order valence-corrected chi connectivity index (χ1v) is 5.26. The molecule has 0 aromatic carbocycles. The second-order valence-electron chi connectivity index (χ2n) is 4.21. The van der Waals surface area contributed by atoms with Crippen LogP contribution in [0.1, 0.15) is 20.3 Å². The van der Waals surface area contributed by atoms with Crippen LogP contribution in [0.15, 0.2) is 33.8 Å². The molecule has 0 saturated heterocycles. The van der Waals surface area contributed by atoms with Crippen molar-refractivity contribution in [2.45, 2.75) is 20.3 Å². The first kappa shape index (κ1) is 10.3. The summed E-state index contributed by atoms with van der Waals surface area (Å²) in [6, 6.07) is 0. The van der Waals surface area contributed by atoms with E-state index in [2.05, 4.69) is 36.5 Å². The van der Waals surface area contributed by atoms with Crippen molar-refractivity contribution in [3.05, 3.63) is 23.8 Å². The zero-order valence-corrected chi connectivity index (χ0v) is 9.76. The Labute approximate surface area is 90.3 Å². The van der Waals surface area contributed by atoms with E-state index in [-0.39, 0.29) is 0 Å². The summed E-state index contributed by atoms with van der Waals surface area (Å²) in [5.74, 6) is 2.26. The molecular formula is C11H18N4+2. The Hall–Kier alpha value is -1.26. The van der Waals surface area contributed by atoms with Crippen LogP contribution in [0.25, 0.3) is 0 Å². The molecule has 0 bridgehead atoms. The predicted octanol–water partition coefficient (Wildman–Crippen LogP) is -1.05. The number of hydrogen-bond donors (Lipinski definition) is 2. The first-order chi connectivity index (χ1) is 7.06. The molecule has 0 aromatic rings. The molecule has 4 nitrogen and oxygen atoms in total. The molecule has 80 valence electrons. The van der Waals surface area contributed by atoms with Crippen LogP contribution < -0.4 is 9.80 Å². The standard InChI is InChI=1S/C11H16N4/c1-8-12-10(6-14(8)3)5-11-7-15(4)9(2)13-11/h6-7H,5H2,1-4H3/p+2. The Balaban J connectivity index is 2.07. The molecule has 2 aliphatic heterocycles. The zero-order chi connectivity index (χ0) is 11.0. The van der Waals surface area contributed by atoms with Crippen LogP contribution in [-0.4, -0.2) is 25.8 Å². The molecule has 0 spiro atoms. The van der Waals surface area contributed by atoms with E-state index in [9.17, 15) is 0 Å². The second kappa shape index (κ2) is 3.72. The second-order valence-corrected chi connectivity index (χ2v) is 4.21. The van der Waals surface area contributed by atoms with E-state index in [1.165, 1.54) is 9.80 Å². The molecule has 0 radical (unpaired) electrons. The summed E-state index contributed by atoms with van der Waals surface area (Å²) in [6.07, 6.45) is 5.15. The van der Waals surface area contributed by atoms with Gasteiger partial charge in [0.15, 0.2) is 0 Å². The van der Waals surface area contributed by atoms with Crippen molar-refractivity contribution in [1.29, 1.82) is 0 Å². The number of quaternary nitrogens is 2. The molecule has 4 heteroatoms. The molecule has 2 rings (SSSR count). The SMILES string of the molecule is CC1=NC(CC2=C[NH+](C)C(C)=N2)=C[NH+]1C. The van der Waals surface area contributed by atoms with Crippen LogP contribution in [0.5, 0.6) is 0 Å². The molecule has 0 saturated carbocycles. The summed E-state index contributed by atoms with van der Waals surface area (Å²) in [6.45, 7) is 4.10. The van der Waals surface area contributed by atoms with Crippen LogP contribution in [0.2, 0.25) is 0 Å². The van der Waals surface area contributed by atoms with Crippen molar-refractivity contribution in [1.82, 2.24) is 0 Å². The van der Waals surface area contributed by atoms with Crippen molar-refractivity contribution in [2.75, 3.05) is 14.1 Å². The van der Waals surface area contributed by atoms with Crippen molar-refractivity contribution < 1.29 is 9.80 Å². The third-order valence-electron chi connectivity index (χ3n) is 2.89. The van der Waals surface area contributed by atoms with E-state index in [0.29, 0.717) is 0 Å². The summed E-state index contributed by atoms with van der Waals surface area (Å²) in [4.78, 5) is 11.5. The lowest BCUT2D eigenvalue weighted by atomic mass is 10.3. The van der Waals surface area contributed by atoms with E-state index < -0.39 is 0 Å². The number of hydrogen-bond acceptors (Lipinski definition) is 2. The van der Waals surface area contributed by atoms with Gasteiger partial charge < -0.3 is 0 Å². The number of nitrogens with zero attached hydrogens (tertiary/aromatic N) is 2. The lowest BCUT2D eigenvalue weighted by Crippen LogP contribution is -3.05. The van der Waals surface area contributed by atoms with Gasteiger partial charge in [-0.3, -0.25) is 9.80 Å². The van der Waals surface area contributed by atoms with Gasteiger partial charge in [-0.1, -0.05) is 0 Å². The van der Waals surface area contributed by atoms with Gasteiger partial charge in [-0.15, -0.1) is 0 Å². The summed E-state index contributed by atoms with van der Waals surface area (Å²) >= 11 is 0. The van der Waals surface area contributed by atoms with Gasteiger partial charge in [-0.2, -0.15) is 9.98 Å². The minimum Gasteiger partial charge on any atom is -0.265 e. The summed E-state index contributed by atoms with van der Waals surface area (Å²) in [7, 11) is 4.20. The largest absolute Gasteiger partial charge is 0.265 e. The Morgan fingerprint density at radius 2 is 1.33 bits per heavy atom. The molecule has 2 unspecified atom stereocenters. The Kier molecular flexibility index (Phi) is 2.54. The Morgan fingerprint density at radius 1 is 0.933 bits per heavy atom. The third kappa shape index (κ3) is 2.06. The number of amidine groups is 2. The van der Waals surface area contributed by atoms with Crippen molar-refractivity contribution >= 4 is 11.7 Å². The minimum absolute atomic E-state index is 0.851.